The van der Waals surface area contributed by atoms with Gasteiger partial charge < -0.3 is 15.5 Å². The first kappa shape index (κ1) is 21.9. The summed E-state index contributed by atoms with van der Waals surface area (Å²) in [6.07, 6.45) is 4.92. The third-order valence-corrected chi connectivity index (χ3v) is 4.86. The molecule has 0 spiro atoms. The van der Waals surface area contributed by atoms with Crippen molar-refractivity contribution in [3.63, 3.8) is 0 Å². The molecule has 0 saturated carbocycles. The molecule has 0 atom stereocenters. The molecular formula is C21H25N7O3. The van der Waals surface area contributed by atoms with Crippen LogP contribution >= 0.6 is 0 Å². The van der Waals surface area contributed by atoms with Crippen molar-refractivity contribution in [2.24, 2.45) is 5.41 Å². The molecule has 0 unspecified atom stereocenters. The number of imide groups is 1. The molecule has 0 bridgehead atoms. The van der Waals surface area contributed by atoms with E-state index >= 15 is 0 Å². The van der Waals surface area contributed by atoms with Crippen LogP contribution in [0.25, 0.3) is 5.57 Å². The number of likely N-dealkylation sites (tertiary alicyclic amines) is 1. The molecule has 3 rings (SSSR count). The Labute approximate surface area is 180 Å². The van der Waals surface area contributed by atoms with E-state index in [2.05, 4.69) is 25.6 Å². The number of aromatic nitrogens is 3. The first-order valence-electron chi connectivity index (χ1n) is 9.75. The molecular weight excluding hydrogens is 398 g/mol. The van der Waals surface area contributed by atoms with Gasteiger partial charge in [0.25, 0.3) is 0 Å². The van der Waals surface area contributed by atoms with Gasteiger partial charge >= 0.3 is 6.03 Å². The summed E-state index contributed by atoms with van der Waals surface area (Å²) < 4.78 is 5.81. The molecule has 2 aromatic heterocycles. The number of aryl methyl sites for hydroxylation is 1. The number of allylic oxidation sites excluding steroid dienone is 1. The van der Waals surface area contributed by atoms with E-state index < -0.39 is 11.4 Å². The second kappa shape index (κ2) is 8.90. The Morgan fingerprint density at radius 2 is 2.06 bits per heavy atom. The van der Waals surface area contributed by atoms with Crippen LogP contribution in [-0.4, -0.2) is 51.6 Å². The molecule has 1 aliphatic rings. The Balaban J connectivity index is 1.72. The van der Waals surface area contributed by atoms with Crippen LogP contribution in [0.15, 0.2) is 30.6 Å². The number of nitrogens with one attached hydrogen (secondary N) is 3. The van der Waals surface area contributed by atoms with Gasteiger partial charge in [0.15, 0.2) is 11.6 Å². The molecule has 3 heterocycles. The quantitative estimate of drug-likeness (QED) is 0.608. The Morgan fingerprint density at radius 3 is 2.68 bits per heavy atom. The lowest BCUT2D eigenvalue weighted by Crippen LogP contribution is -2.39. The highest BCUT2D eigenvalue weighted by Gasteiger charge is 2.41. The van der Waals surface area contributed by atoms with Crippen molar-refractivity contribution in [1.82, 2.24) is 25.2 Å². The van der Waals surface area contributed by atoms with Gasteiger partial charge in [0.2, 0.25) is 11.8 Å². The second-order valence-corrected chi connectivity index (χ2v) is 7.65. The van der Waals surface area contributed by atoms with Crippen LogP contribution < -0.4 is 15.4 Å². The topological polar surface area (TPSA) is 133 Å². The van der Waals surface area contributed by atoms with Gasteiger partial charge in [-0.2, -0.15) is 4.98 Å². The van der Waals surface area contributed by atoms with Crippen molar-refractivity contribution in [2.75, 3.05) is 18.9 Å². The molecule has 31 heavy (non-hydrogen) atoms. The van der Waals surface area contributed by atoms with E-state index in [1.165, 1.54) is 11.1 Å². The fraction of sp³-hybridized carbons (Fsp3) is 0.333. The number of hydrogen-bond donors (Lipinski definition) is 3. The first-order valence-corrected chi connectivity index (χ1v) is 9.75. The average molecular weight is 423 g/mol. The second-order valence-electron chi connectivity index (χ2n) is 7.65. The molecule has 3 N–H and O–H groups in total. The predicted molar refractivity (Wildman–Crippen MR) is 116 cm³/mol. The Morgan fingerprint density at radius 1 is 1.29 bits per heavy atom. The molecule has 162 valence electrons. The molecule has 10 nitrogen and oxygen atoms in total. The fourth-order valence-electron chi connectivity index (χ4n) is 3.04. The van der Waals surface area contributed by atoms with Crippen molar-refractivity contribution in [3.05, 3.63) is 42.1 Å². The van der Waals surface area contributed by atoms with Crippen molar-refractivity contribution in [3.8, 4) is 11.6 Å². The van der Waals surface area contributed by atoms with E-state index in [0.717, 1.165) is 6.21 Å². The smallest absolute Gasteiger partial charge is 0.329 e. The molecule has 3 amide bonds. The summed E-state index contributed by atoms with van der Waals surface area (Å²) in [6, 6.07) is 4.36. The van der Waals surface area contributed by atoms with E-state index in [-0.39, 0.29) is 5.91 Å². The Kier molecular flexibility index (Phi) is 6.28. The largest absolute Gasteiger partial charge is 0.437 e. The van der Waals surface area contributed by atoms with Crippen molar-refractivity contribution in [1.29, 1.82) is 5.41 Å². The number of nitrogens with zero attached hydrogens (tertiary/aromatic N) is 4. The predicted octanol–water partition coefficient (Wildman–Crippen LogP) is 2.97. The fourth-order valence-corrected chi connectivity index (χ4v) is 3.04. The number of amides is 3. The highest BCUT2D eigenvalue weighted by atomic mass is 16.5. The highest BCUT2D eigenvalue weighted by Crippen LogP contribution is 2.31. The molecule has 1 saturated heterocycles. The van der Waals surface area contributed by atoms with Gasteiger partial charge in [-0.1, -0.05) is 13.8 Å². The number of hydrogen-bond acceptors (Lipinski definition) is 8. The number of pyridine rings is 1. The van der Waals surface area contributed by atoms with Crippen LogP contribution in [0.5, 0.6) is 11.6 Å². The third-order valence-electron chi connectivity index (χ3n) is 4.86. The van der Waals surface area contributed by atoms with Crippen LogP contribution in [0.2, 0.25) is 0 Å². The van der Waals surface area contributed by atoms with Gasteiger partial charge in [-0.05, 0) is 25.5 Å². The minimum atomic E-state index is -0.533. The monoisotopic (exact) mass is 423 g/mol. The number of carbonyl (C=O) groups excluding carboxylic acids is 2. The van der Waals surface area contributed by atoms with E-state index in [0.29, 0.717) is 47.5 Å². The van der Waals surface area contributed by atoms with E-state index in [1.807, 2.05) is 13.8 Å². The number of rotatable bonds is 6. The lowest BCUT2D eigenvalue weighted by Gasteiger charge is -2.18. The number of carbonyl (C=O) groups is 2. The standard InChI is InChI=1S/C21H25N7O3/c1-13-15(31-17-7-9-24-18(27-17)14(11-22)12-23-4)5-6-16(25-13)26-20(30)28-10-8-21(2,3)19(28)29/h5-7,9,11-12,22-23H,8,10H2,1-4H3,(H,25,26,30)/b14-12+,22-11?. The van der Waals surface area contributed by atoms with Crippen molar-refractivity contribution < 1.29 is 14.3 Å². The molecule has 1 fully saturated rings. The summed E-state index contributed by atoms with van der Waals surface area (Å²) in [5, 5.41) is 13.0. The van der Waals surface area contributed by atoms with Gasteiger partial charge in [-0.15, -0.1) is 0 Å². The Bertz CT molecular complexity index is 1050. The van der Waals surface area contributed by atoms with Crippen LogP contribution in [-0.2, 0) is 4.79 Å². The molecule has 1 aliphatic heterocycles. The zero-order chi connectivity index (χ0) is 22.6. The summed E-state index contributed by atoms with van der Waals surface area (Å²) in [7, 11) is 1.72. The molecule has 0 radical (unpaired) electrons. The summed E-state index contributed by atoms with van der Waals surface area (Å²) in [4.78, 5) is 38.8. The maximum absolute atomic E-state index is 12.5. The maximum atomic E-state index is 12.5. The van der Waals surface area contributed by atoms with E-state index in [4.69, 9.17) is 10.1 Å². The lowest BCUT2D eigenvalue weighted by atomic mass is 9.92. The van der Waals surface area contributed by atoms with Gasteiger partial charge in [0.05, 0.1) is 11.3 Å². The maximum Gasteiger partial charge on any atom is 0.329 e. The zero-order valence-corrected chi connectivity index (χ0v) is 17.9. The van der Waals surface area contributed by atoms with Gasteiger partial charge in [-0.3, -0.25) is 15.0 Å². The third kappa shape index (κ3) is 4.85. The Hall–Kier alpha value is -3.82. The normalized spacial score (nSPS) is 15.5. The van der Waals surface area contributed by atoms with Crippen molar-refractivity contribution in [2.45, 2.75) is 27.2 Å². The summed E-state index contributed by atoms with van der Waals surface area (Å²) in [5.74, 6) is 1.21. The SMILES string of the molecule is CN/C=C(\C=N)c1nccc(Oc2ccc(NC(=O)N3CCC(C)(C)C3=O)nc2C)n1. The minimum Gasteiger partial charge on any atom is -0.437 e. The van der Waals surface area contributed by atoms with E-state index in [9.17, 15) is 9.59 Å². The molecule has 0 aromatic carbocycles. The van der Waals surface area contributed by atoms with Crippen LogP contribution in [0, 0.1) is 17.7 Å². The molecule has 10 heteroatoms. The number of urea groups is 1. The van der Waals surface area contributed by atoms with Gasteiger partial charge in [-0.25, -0.2) is 14.8 Å². The van der Waals surface area contributed by atoms with Crippen molar-refractivity contribution >= 4 is 29.5 Å². The van der Waals surface area contributed by atoms with Crippen LogP contribution in [0.1, 0.15) is 31.8 Å². The zero-order valence-electron chi connectivity index (χ0n) is 17.9. The number of ether oxygens (including phenoxy) is 1. The summed E-state index contributed by atoms with van der Waals surface area (Å²) in [6.45, 7) is 5.78. The van der Waals surface area contributed by atoms with Crippen LogP contribution in [0.4, 0.5) is 10.6 Å². The van der Waals surface area contributed by atoms with Gasteiger partial charge in [0.1, 0.15) is 5.82 Å². The minimum absolute atomic E-state index is 0.196. The average Bonchev–Trinajstić information content (AvgIpc) is 3.01. The summed E-state index contributed by atoms with van der Waals surface area (Å²) in [5.41, 5.74) is 0.499. The first-order chi connectivity index (χ1) is 14.7. The van der Waals surface area contributed by atoms with Gasteiger partial charge in [0, 0.05) is 43.7 Å². The number of anilines is 1. The summed E-state index contributed by atoms with van der Waals surface area (Å²) >= 11 is 0. The lowest BCUT2D eigenvalue weighted by molar-refractivity contribution is -0.131. The van der Waals surface area contributed by atoms with Crippen LogP contribution in [0.3, 0.4) is 0 Å². The highest BCUT2D eigenvalue weighted by molar-refractivity contribution is 6.06. The molecule has 2 aromatic rings. The molecule has 0 aliphatic carbocycles. The van der Waals surface area contributed by atoms with E-state index in [1.54, 1.807) is 38.4 Å².